The van der Waals surface area contributed by atoms with Crippen LogP contribution < -0.4 is 19.1 Å². The van der Waals surface area contributed by atoms with Crippen LogP contribution in [0.15, 0.2) is 48.5 Å². The zero-order valence-electron chi connectivity index (χ0n) is 19.0. The summed E-state index contributed by atoms with van der Waals surface area (Å²) in [6.07, 6.45) is 0.429. The molecule has 1 atom stereocenters. The normalized spacial score (nSPS) is 12.7. The molecule has 1 amide bonds. The van der Waals surface area contributed by atoms with Crippen molar-refractivity contribution in [2.45, 2.75) is 39.2 Å². The molecule has 2 aromatic carbocycles. The Morgan fingerprint density at radius 1 is 1.03 bits per heavy atom. The van der Waals surface area contributed by atoms with Gasteiger partial charge in [0, 0.05) is 7.05 Å². The quantitative estimate of drug-likeness (QED) is 0.595. The van der Waals surface area contributed by atoms with Gasteiger partial charge in [0.1, 0.15) is 18.1 Å². The maximum atomic E-state index is 12.2. The Morgan fingerprint density at radius 3 is 2.10 bits per heavy atom. The monoisotopic (exact) mass is 448 g/mol. The van der Waals surface area contributed by atoms with E-state index in [4.69, 9.17) is 9.47 Å². The van der Waals surface area contributed by atoms with E-state index in [9.17, 15) is 13.2 Å². The Kier molecular flexibility index (Phi) is 7.95. The van der Waals surface area contributed by atoms with Crippen LogP contribution >= 0.6 is 0 Å². The summed E-state index contributed by atoms with van der Waals surface area (Å²) in [5, 5.41) is 2.78. The smallest absolute Gasteiger partial charge is 0.260 e. The molecular formula is C23H32N2O5S. The lowest BCUT2D eigenvalue weighted by molar-refractivity contribution is -0.127. The number of nitrogens with zero attached hydrogens (tertiary/aromatic N) is 1. The van der Waals surface area contributed by atoms with E-state index in [1.807, 2.05) is 24.3 Å². The van der Waals surface area contributed by atoms with Gasteiger partial charge < -0.3 is 14.8 Å². The van der Waals surface area contributed by atoms with Gasteiger partial charge >= 0.3 is 0 Å². The Balaban J connectivity index is 1.77. The lowest BCUT2D eigenvalue weighted by Gasteiger charge is -2.19. The number of nitrogens with one attached hydrogen (secondary N) is 1. The first-order valence-corrected chi connectivity index (χ1v) is 11.9. The first-order valence-electron chi connectivity index (χ1n) is 10.1. The van der Waals surface area contributed by atoms with Crippen molar-refractivity contribution in [3.63, 3.8) is 0 Å². The van der Waals surface area contributed by atoms with Gasteiger partial charge in [0.15, 0.2) is 6.10 Å². The highest BCUT2D eigenvalue weighted by Gasteiger charge is 2.16. The van der Waals surface area contributed by atoms with Crippen molar-refractivity contribution in [3.8, 4) is 11.5 Å². The summed E-state index contributed by atoms with van der Waals surface area (Å²) >= 11 is 0. The molecule has 0 aliphatic heterocycles. The van der Waals surface area contributed by atoms with Gasteiger partial charge in [0.2, 0.25) is 10.0 Å². The van der Waals surface area contributed by atoms with Crippen molar-refractivity contribution in [3.05, 3.63) is 54.1 Å². The maximum Gasteiger partial charge on any atom is 0.260 e. The second-order valence-electron chi connectivity index (χ2n) is 8.40. The zero-order chi connectivity index (χ0) is 23.2. The minimum absolute atomic E-state index is 0.0899. The molecule has 0 heterocycles. The largest absolute Gasteiger partial charge is 0.492 e. The van der Waals surface area contributed by atoms with E-state index in [1.165, 1.54) is 16.9 Å². The summed E-state index contributed by atoms with van der Waals surface area (Å²) in [4.78, 5) is 12.2. The molecule has 0 saturated heterocycles. The van der Waals surface area contributed by atoms with Gasteiger partial charge in [-0.25, -0.2) is 8.42 Å². The fraction of sp³-hybridized carbons (Fsp3) is 0.435. The number of benzene rings is 2. The van der Waals surface area contributed by atoms with Crippen LogP contribution in [0.5, 0.6) is 11.5 Å². The van der Waals surface area contributed by atoms with Crippen molar-refractivity contribution in [1.29, 1.82) is 0 Å². The number of anilines is 1. The van der Waals surface area contributed by atoms with Gasteiger partial charge in [-0.15, -0.1) is 0 Å². The number of hydrogen-bond donors (Lipinski definition) is 1. The number of carbonyl (C=O) groups excluding carboxylic acids is 1. The number of ether oxygens (including phenoxy) is 2. The van der Waals surface area contributed by atoms with Crippen LogP contribution in [-0.4, -0.2) is 46.9 Å². The highest BCUT2D eigenvalue weighted by Crippen LogP contribution is 2.24. The number of hydrogen-bond acceptors (Lipinski definition) is 5. The average Bonchev–Trinajstić information content (AvgIpc) is 2.70. The van der Waals surface area contributed by atoms with Crippen LogP contribution in [0, 0.1) is 0 Å². The van der Waals surface area contributed by atoms with Crippen molar-refractivity contribution < 1.29 is 22.7 Å². The Bertz CT molecular complexity index is 965. The second kappa shape index (κ2) is 10.0. The number of amides is 1. The molecule has 8 heteroatoms. The van der Waals surface area contributed by atoms with Gasteiger partial charge in [-0.2, -0.15) is 0 Å². The van der Waals surface area contributed by atoms with Gasteiger partial charge in [0.25, 0.3) is 5.91 Å². The summed E-state index contributed by atoms with van der Waals surface area (Å²) in [6.45, 7) is 8.82. The average molecular weight is 449 g/mol. The zero-order valence-corrected chi connectivity index (χ0v) is 19.8. The molecule has 31 heavy (non-hydrogen) atoms. The molecule has 2 rings (SSSR count). The summed E-state index contributed by atoms with van der Waals surface area (Å²) < 4.78 is 35.7. The maximum absolute atomic E-state index is 12.2. The molecule has 1 N–H and O–H groups in total. The standard InChI is InChI=1S/C23H32N2O5S/c1-17(30-21-13-9-19(10-14-21)25(5)31(6,27)28)22(26)24-15-16-29-20-11-7-18(8-12-20)23(2,3)4/h7-14,17H,15-16H2,1-6H3,(H,24,26)/t17-/m1/s1. The molecule has 0 bridgehead atoms. The number of sulfonamides is 1. The summed E-state index contributed by atoms with van der Waals surface area (Å²) in [6, 6.07) is 14.5. The van der Waals surface area contributed by atoms with Crippen LogP contribution in [0.2, 0.25) is 0 Å². The van der Waals surface area contributed by atoms with E-state index >= 15 is 0 Å². The van der Waals surface area contributed by atoms with E-state index in [-0.39, 0.29) is 11.3 Å². The number of carbonyl (C=O) groups is 1. The van der Waals surface area contributed by atoms with Gasteiger partial charge in [-0.1, -0.05) is 32.9 Å². The summed E-state index contributed by atoms with van der Waals surface area (Å²) in [7, 11) is -1.86. The molecule has 0 radical (unpaired) electrons. The minimum atomic E-state index is -3.33. The predicted octanol–water partition coefficient (Wildman–Crippen LogP) is 3.34. The lowest BCUT2D eigenvalue weighted by Crippen LogP contribution is -2.38. The van der Waals surface area contributed by atoms with Gasteiger partial charge in [-0.05, 0) is 54.3 Å². The molecule has 0 spiro atoms. The third-order valence-electron chi connectivity index (χ3n) is 4.77. The number of rotatable bonds is 9. The third kappa shape index (κ3) is 7.47. The van der Waals surface area contributed by atoms with Crippen molar-refractivity contribution in [2.75, 3.05) is 30.8 Å². The van der Waals surface area contributed by atoms with Crippen molar-refractivity contribution in [2.24, 2.45) is 0 Å². The highest BCUT2D eigenvalue weighted by molar-refractivity contribution is 7.92. The van der Waals surface area contributed by atoms with Gasteiger partial charge in [-0.3, -0.25) is 9.10 Å². The Hall–Kier alpha value is -2.74. The van der Waals surface area contributed by atoms with Crippen LogP contribution in [-0.2, 0) is 20.2 Å². The SMILES string of the molecule is C[C@@H](Oc1ccc(N(C)S(C)(=O)=O)cc1)C(=O)NCCOc1ccc(C(C)(C)C)cc1. The molecule has 0 aliphatic rings. The van der Waals surface area contributed by atoms with Crippen LogP contribution in [0.3, 0.4) is 0 Å². The van der Waals surface area contributed by atoms with Crippen LogP contribution in [0.4, 0.5) is 5.69 Å². The molecule has 2 aromatic rings. The first-order chi connectivity index (χ1) is 14.4. The molecule has 0 unspecified atom stereocenters. The van der Waals surface area contributed by atoms with Crippen molar-refractivity contribution >= 4 is 21.6 Å². The Morgan fingerprint density at radius 2 is 1.58 bits per heavy atom. The van der Waals surface area contributed by atoms with Crippen LogP contribution in [0.1, 0.15) is 33.3 Å². The van der Waals surface area contributed by atoms with E-state index in [0.29, 0.717) is 24.6 Å². The fourth-order valence-corrected chi connectivity index (χ4v) is 3.23. The summed E-state index contributed by atoms with van der Waals surface area (Å²) in [5.41, 5.74) is 1.84. The van der Waals surface area contributed by atoms with E-state index < -0.39 is 16.1 Å². The Labute approximate surface area is 185 Å². The van der Waals surface area contributed by atoms with E-state index in [1.54, 1.807) is 31.2 Å². The van der Waals surface area contributed by atoms with E-state index in [0.717, 1.165) is 12.0 Å². The molecule has 0 saturated carbocycles. The van der Waals surface area contributed by atoms with E-state index in [2.05, 4.69) is 26.1 Å². The van der Waals surface area contributed by atoms with Crippen molar-refractivity contribution in [1.82, 2.24) is 5.32 Å². The molecule has 0 fully saturated rings. The highest BCUT2D eigenvalue weighted by atomic mass is 32.2. The molecular weight excluding hydrogens is 416 g/mol. The topological polar surface area (TPSA) is 84.9 Å². The molecule has 7 nitrogen and oxygen atoms in total. The molecule has 170 valence electrons. The minimum Gasteiger partial charge on any atom is -0.492 e. The fourth-order valence-electron chi connectivity index (χ4n) is 2.72. The lowest BCUT2D eigenvalue weighted by atomic mass is 9.87. The third-order valence-corrected chi connectivity index (χ3v) is 5.98. The molecule has 0 aliphatic carbocycles. The van der Waals surface area contributed by atoms with Gasteiger partial charge in [0.05, 0.1) is 18.5 Å². The molecule has 0 aromatic heterocycles. The van der Waals surface area contributed by atoms with Crippen LogP contribution in [0.25, 0.3) is 0 Å². The summed E-state index contributed by atoms with van der Waals surface area (Å²) in [5.74, 6) is 0.971. The second-order valence-corrected chi connectivity index (χ2v) is 10.4. The predicted molar refractivity (Wildman–Crippen MR) is 123 cm³/mol. The first kappa shape index (κ1) is 24.5.